The number of nitrogens with one attached hydrogen (secondary N) is 2. The lowest BCUT2D eigenvalue weighted by atomic mass is 10.1. The molecule has 1 aliphatic rings. The Balaban J connectivity index is 1.56. The number of rotatable bonds is 7. The highest BCUT2D eigenvalue weighted by Crippen LogP contribution is 2.11. The molecule has 0 spiro atoms. The number of carbonyl (C=O) groups excluding carboxylic acids is 1. The first kappa shape index (κ1) is 19.3. The van der Waals surface area contributed by atoms with Crippen LogP contribution in [0.15, 0.2) is 45.6 Å². The molecule has 1 unspecified atom stereocenters. The summed E-state index contributed by atoms with van der Waals surface area (Å²) >= 11 is 0. The van der Waals surface area contributed by atoms with Crippen molar-refractivity contribution in [3.8, 4) is 0 Å². The summed E-state index contributed by atoms with van der Waals surface area (Å²) in [5.41, 5.74) is 1.39. The summed E-state index contributed by atoms with van der Waals surface area (Å²) in [6, 6.07) is 12.0. The first-order chi connectivity index (χ1) is 13.1. The van der Waals surface area contributed by atoms with E-state index in [1.54, 1.807) is 13.0 Å². The number of ether oxygens (including phenoxy) is 1. The van der Waals surface area contributed by atoms with Gasteiger partial charge in [0.15, 0.2) is 0 Å². The van der Waals surface area contributed by atoms with Gasteiger partial charge in [0, 0.05) is 26.1 Å². The summed E-state index contributed by atoms with van der Waals surface area (Å²) in [5, 5.41) is 5.97. The molecule has 1 aliphatic heterocycles. The Labute approximate surface area is 158 Å². The van der Waals surface area contributed by atoms with Gasteiger partial charge in [0.05, 0.1) is 12.7 Å². The van der Waals surface area contributed by atoms with Crippen molar-refractivity contribution in [2.45, 2.75) is 32.3 Å². The third-order valence-corrected chi connectivity index (χ3v) is 4.65. The minimum Gasteiger partial charge on any atom is -0.427 e. The zero-order valence-corrected chi connectivity index (χ0v) is 15.6. The van der Waals surface area contributed by atoms with Gasteiger partial charge in [-0.25, -0.2) is 4.79 Å². The molecule has 1 amide bonds. The lowest BCUT2D eigenvalue weighted by Crippen LogP contribution is -2.45. The second kappa shape index (κ2) is 9.48. The van der Waals surface area contributed by atoms with Crippen molar-refractivity contribution >= 4 is 5.91 Å². The van der Waals surface area contributed by atoms with Crippen molar-refractivity contribution in [3.63, 3.8) is 0 Å². The third-order valence-electron chi connectivity index (χ3n) is 4.65. The third kappa shape index (κ3) is 5.52. The highest BCUT2D eigenvalue weighted by atomic mass is 16.5. The molecule has 3 rings (SSSR count). The maximum absolute atomic E-state index is 12.4. The summed E-state index contributed by atoms with van der Waals surface area (Å²) in [6.45, 7) is 4.27. The van der Waals surface area contributed by atoms with Crippen LogP contribution in [0, 0.1) is 6.92 Å². The van der Waals surface area contributed by atoms with Gasteiger partial charge in [-0.3, -0.25) is 4.79 Å². The van der Waals surface area contributed by atoms with Crippen LogP contribution in [0.4, 0.5) is 0 Å². The van der Waals surface area contributed by atoms with Gasteiger partial charge < -0.3 is 19.8 Å². The molecule has 0 saturated carbocycles. The first-order valence-electron chi connectivity index (χ1n) is 9.41. The van der Waals surface area contributed by atoms with Crippen LogP contribution in [0.1, 0.15) is 33.7 Å². The fourth-order valence-electron chi connectivity index (χ4n) is 3.23. The average Bonchev–Trinajstić information content (AvgIpc) is 2.67. The fourth-order valence-corrected chi connectivity index (χ4v) is 3.23. The van der Waals surface area contributed by atoms with Gasteiger partial charge in [-0.1, -0.05) is 30.3 Å². The number of hydrogen-bond donors (Lipinski definition) is 2. The van der Waals surface area contributed by atoms with E-state index in [0.29, 0.717) is 37.4 Å². The molecule has 0 aliphatic carbocycles. The second-order valence-electron chi connectivity index (χ2n) is 6.80. The van der Waals surface area contributed by atoms with Crippen molar-refractivity contribution in [2.75, 3.05) is 26.2 Å². The Hall–Kier alpha value is -2.44. The molecule has 1 atom stereocenters. The van der Waals surface area contributed by atoms with Crippen molar-refractivity contribution in [3.05, 3.63) is 69.3 Å². The maximum atomic E-state index is 12.4. The Morgan fingerprint density at radius 3 is 2.78 bits per heavy atom. The highest BCUT2D eigenvalue weighted by Gasteiger charge is 2.19. The van der Waals surface area contributed by atoms with E-state index in [9.17, 15) is 9.59 Å². The zero-order chi connectivity index (χ0) is 19.1. The maximum Gasteiger partial charge on any atom is 0.349 e. The molecule has 2 N–H and O–H groups in total. The Kier molecular flexibility index (Phi) is 6.79. The quantitative estimate of drug-likeness (QED) is 0.777. The van der Waals surface area contributed by atoms with Crippen molar-refractivity contribution < 1.29 is 13.9 Å². The van der Waals surface area contributed by atoms with Gasteiger partial charge in [0.1, 0.15) is 11.3 Å². The summed E-state index contributed by atoms with van der Waals surface area (Å²) < 4.78 is 10.9. The van der Waals surface area contributed by atoms with Crippen LogP contribution in [0.25, 0.3) is 0 Å². The molecular weight excluding hydrogens is 344 g/mol. The normalized spacial score (nSPS) is 16.9. The number of amides is 1. The SMILES string of the molecule is Cc1cc(CCCc2ccccc2)oc(=O)c1C(=O)NCC1CNCCO1. The number of benzene rings is 1. The Morgan fingerprint density at radius 2 is 2.07 bits per heavy atom. The number of carbonyl (C=O) groups is 1. The van der Waals surface area contributed by atoms with Gasteiger partial charge in [0.25, 0.3) is 5.91 Å². The monoisotopic (exact) mass is 370 g/mol. The molecule has 27 heavy (non-hydrogen) atoms. The molecule has 1 saturated heterocycles. The minimum absolute atomic E-state index is 0.0746. The second-order valence-corrected chi connectivity index (χ2v) is 6.80. The lowest BCUT2D eigenvalue weighted by molar-refractivity contribution is 0.0286. The van der Waals surface area contributed by atoms with Crippen LogP contribution < -0.4 is 16.3 Å². The predicted octanol–water partition coefficient (Wildman–Crippen LogP) is 1.84. The molecule has 1 aromatic carbocycles. The van der Waals surface area contributed by atoms with Gasteiger partial charge in [0.2, 0.25) is 0 Å². The molecule has 1 aromatic heterocycles. The Bertz CT molecular complexity index is 811. The van der Waals surface area contributed by atoms with Gasteiger partial charge in [-0.15, -0.1) is 0 Å². The van der Waals surface area contributed by atoms with Crippen molar-refractivity contribution in [2.24, 2.45) is 0 Å². The average molecular weight is 370 g/mol. The number of morpholine rings is 1. The molecule has 1 fully saturated rings. The lowest BCUT2D eigenvalue weighted by Gasteiger charge is -2.23. The predicted molar refractivity (Wildman–Crippen MR) is 103 cm³/mol. The van der Waals surface area contributed by atoms with E-state index < -0.39 is 11.5 Å². The van der Waals surface area contributed by atoms with Crippen LogP contribution in [-0.2, 0) is 17.6 Å². The van der Waals surface area contributed by atoms with Gasteiger partial charge >= 0.3 is 5.63 Å². The van der Waals surface area contributed by atoms with E-state index in [-0.39, 0.29) is 11.7 Å². The van der Waals surface area contributed by atoms with Crippen LogP contribution in [-0.4, -0.2) is 38.3 Å². The van der Waals surface area contributed by atoms with E-state index in [4.69, 9.17) is 9.15 Å². The molecular formula is C21H26N2O4. The molecule has 2 heterocycles. The van der Waals surface area contributed by atoms with Crippen LogP contribution in [0.5, 0.6) is 0 Å². The van der Waals surface area contributed by atoms with Crippen molar-refractivity contribution in [1.29, 1.82) is 0 Å². The van der Waals surface area contributed by atoms with Crippen LogP contribution in [0.3, 0.4) is 0 Å². The summed E-state index contributed by atoms with van der Waals surface area (Å²) in [7, 11) is 0. The minimum atomic E-state index is -0.579. The summed E-state index contributed by atoms with van der Waals surface area (Å²) in [4.78, 5) is 24.7. The van der Waals surface area contributed by atoms with E-state index in [1.165, 1.54) is 5.56 Å². The summed E-state index contributed by atoms with van der Waals surface area (Å²) in [5.74, 6) is 0.205. The molecule has 0 bridgehead atoms. The summed E-state index contributed by atoms with van der Waals surface area (Å²) in [6.07, 6.45) is 2.38. The van der Waals surface area contributed by atoms with Crippen LogP contribution in [0.2, 0.25) is 0 Å². The van der Waals surface area contributed by atoms with Crippen molar-refractivity contribution in [1.82, 2.24) is 10.6 Å². The van der Waals surface area contributed by atoms with Gasteiger partial charge in [-0.05, 0) is 37.0 Å². The van der Waals surface area contributed by atoms with E-state index in [2.05, 4.69) is 22.8 Å². The highest BCUT2D eigenvalue weighted by molar-refractivity contribution is 5.95. The molecule has 0 radical (unpaired) electrons. The Morgan fingerprint density at radius 1 is 1.26 bits per heavy atom. The molecule has 2 aromatic rings. The fraction of sp³-hybridized carbons (Fsp3) is 0.429. The number of aryl methyl sites for hydroxylation is 3. The topological polar surface area (TPSA) is 80.6 Å². The molecule has 144 valence electrons. The largest absolute Gasteiger partial charge is 0.427 e. The molecule has 6 heteroatoms. The van der Waals surface area contributed by atoms with E-state index in [1.807, 2.05) is 18.2 Å². The zero-order valence-electron chi connectivity index (χ0n) is 15.6. The first-order valence-corrected chi connectivity index (χ1v) is 9.41. The van der Waals surface area contributed by atoms with Crippen LogP contribution >= 0.6 is 0 Å². The smallest absolute Gasteiger partial charge is 0.349 e. The van der Waals surface area contributed by atoms with Gasteiger partial charge in [-0.2, -0.15) is 0 Å². The molecule has 6 nitrogen and oxygen atoms in total. The standard InChI is InChI=1S/C21H26N2O4/c1-15-12-17(9-5-8-16-6-3-2-4-7-16)27-21(25)19(15)20(24)23-14-18-13-22-10-11-26-18/h2-4,6-7,12,18,22H,5,8-11,13-14H2,1H3,(H,23,24). The number of hydrogen-bond acceptors (Lipinski definition) is 5. The van der Waals surface area contributed by atoms with E-state index in [0.717, 1.165) is 19.4 Å². The van der Waals surface area contributed by atoms with E-state index >= 15 is 0 Å².